The van der Waals surface area contributed by atoms with Gasteiger partial charge in [0.2, 0.25) is 10.0 Å². The van der Waals surface area contributed by atoms with E-state index in [9.17, 15) is 18.0 Å². The number of carbonyl (C=O) groups is 1. The van der Waals surface area contributed by atoms with Gasteiger partial charge in [0.15, 0.2) is 0 Å². The Bertz CT molecular complexity index is 1290. The van der Waals surface area contributed by atoms with Crippen LogP contribution in [0, 0.1) is 13.8 Å². The van der Waals surface area contributed by atoms with Crippen molar-refractivity contribution in [2.45, 2.75) is 57.9 Å². The van der Waals surface area contributed by atoms with Crippen molar-refractivity contribution in [3.63, 3.8) is 0 Å². The van der Waals surface area contributed by atoms with Gasteiger partial charge in [0, 0.05) is 6.07 Å². The average molecular weight is 458 g/mol. The van der Waals surface area contributed by atoms with Crippen LogP contribution in [0.4, 0.5) is 0 Å². The number of esters is 1. The van der Waals surface area contributed by atoms with Gasteiger partial charge in [-0.1, -0.05) is 38.0 Å². The monoisotopic (exact) mass is 457 g/mol. The molecule has 3 aromatic rings. The first-order valence-corrected chi connectivity index (χ1v) is 12.0. The number of rotatable bonds is 8. The molecule has 0 fully saturated rings. The smallest absolute Gasteiger partial charge is 0.336 e. The van der Waals surface area contributed by atoms with Gasteiger partial charge >= 0.3 is 11.6 Å². The molecule has 8 heteroatoms. The Balaban J connectivity index is 1.94. The summed E-state index contributed by atoms with van der Waals surface area (Å²) in [4.78, 5) is 25.0. The molecule has 1 atom stereocenters. The first-order valence-electron chi connectivity index (χ1n) is 10.5. The Morgan fingerprint density at radius 1 is 1.06 bits per heavy atom. The van der Waals surface area contributed by atoms with E-state index in [2.05, 4.69) is 4.72 Å². The number of carbonyl (C=O) groups excluding carboxylic acids is 1. The molecule has 1 heterocycles. The van der Waals surface area contributed by atoms with Crippen LogP contribution in [0.5, 0.6) is 5.75 Å². The molecular weight excluding hydrogens is 430 g/mol. The summed E-state index contributed by atoms with van der Waals surface area (Å²) in [5, 5.41) is 0.543. The van der Waals surface area contributed by atoms with E-state index in [0.29, 0.717) is 17.4 Å². The Labute approximate surface area is 187 Å². The van der Waals surface area contributed by atoms with Gasteiger partial charge in [0.25, 0.3) is 0 Å². The Morgan fingerprint density at radius 2 is 1.75 bits per heavy atom. The lowest BCUT2D eigenvalue weighted by atomic mass is 10.0. The first-order chi connectivity index (χ1) is 15.1. The van der Waals surface area contributed by atoms with Crippen LogP contribution in [0.2, 0.25) is 0 Å². The molecule has 0 aliphatic rings. The molecule has 2 aromatic carbocycles. The van der Waals surface area contributed by atoms with Crippen LogP contribution in [0.25, 0.3) is 11.0 Å². The summed E-state index contributed by atoms with van der Waals surface area (Å²) in [7, 11) is -3.91. The normalized spacial score (nSPS) is 12.6. The highest BCUT2D eigenvalue weighted by molar-refractivity contribution is 7.89. The largest absolute Gasteiger partial charge is 0.425 e. The lowest BCUT2D eigenvalue weighted by Crippen LogP contribution is -2.42. The third-order valence-electron chi connectivity index (χ3n) is 5.09. The van der Waals surface area contributed by atoms with Crippen molar-refractivity contribution in [3.8, 4) is 5.75 Å². The molecule has 32 heavy (non-hydrogen) atoms. The van der Waals surface area contributed by atoms with E-state index in [1.807, 2.05) is 13.8 Å². The summed E-state index contributed by atoms with van der Waals surface area (Å²) in [5.41, 5.74) is 2.25. The third kappa shape index (κ3) is 5.26. The minimum absolute atomic E-state index is 0.0716. The van der Waals surface area contributed by atoms with E-state index in [0.717, 1.165) is 23.1 Å². The van der Waals surface area contributed by atoms with Gasteiger partial charge in [-0.2, -0.15) is 4.72 Å². The Kier molecular flexibility index (Phi) is 7.16. The second-order valence-corrected chi connectivity index (χ2v) is 9.51. The van der Waals surface area contributed by atoms with E-state index in [1.165, 1.54) is 18.2 Å². The number of hydrogen-bond acceptors (Lipinski definition) is 6. The van der Waals surface area contributed by atoms with Gasteiger partial charge in [0.05, 0.1) is 10.3 Å². The van der Waals surface area contributed by atoms with Gasteiger partial charge in [-0.15, -0.1) is 0 Å². The van der Waals surface area contributed by atoms with E-state index < -0.39 is 27.7 Å². The van der Waals surface area contributed by atoms with Gasteiger partial charge < -0.3 is 9.15 Å². The molecule has 0 spiro atoms. The number of ether oxygens (including phenoxy) is 1. The maximum Gasteiger partial charge on any atom is 0.336 e. The lowest BCUT2D eigenvalue weighted by Gasteiger charge is -2.18. The molecule has 170 valence electrons. The topological polar surface area (TPSA) is 103 Å². The molecule has 0 aliphatic heterocycles. The standard InChI is InChI=1S/C24H27NO6S/c1-5-7-17-14-22(26)30-20-12-16(4)13-21(23(17)20)31-24(27)19(6-2)25-32(28,29)18-10-8-15(3)9-11-18/h8-14,19,25H,5-7H2,1-4H3/t19-/m0/s1. The molecule has 0 amide bonds. The van der Waals surface area contributed by atoms with Crippen molar-refractivity contribution in [2.75, 3.05) is 0 Å². The van der Waals surface area contributed by atoms with Gasteiger partial charge in [-0.05, 0) is 62.1 Å². The number of sulfonamides is 1. The fraction of sp³-hybridized carbons (Fsp3) is 0.333. The van der Waals surface area contributed by atoms with E-state index in [4.69, 9.17) is 9.15 Å². The summed E-state index contributed by atoms with van der Waals surface area (Å²) >= 11 is 0. The van der Waals surface area contributed by atoms with Crippen LogP contribution in [-0.2, 0) is 21.2 Å². The molecule has 0 unspecified atom stereocenters. The molecule has 1 aromatic heterocycles. The van der Waals surface area contributed by atoms with E-state index in [-0.39, 0.29) is 17.1 Å². The second kappa shape index (κ2) is 9.67. The van der Waals surface area contributed by atoms with Crippen molar-refractivity contribution in [1.29, 1.82) is 0 Å². The number of aryl methyl sites for hydroxylation is 3. The minimum Gasteiger partial charge on any atom is -0.425 e. The molecule has 0 aliphatic carbocycles. The number of nitrogens with one attached hydrogen (secondary N) is 1. The number of hydrogen-bond donors (Lipinski definition) is 1. The SMILES string of the molecule is CCCc1cc(=O)oc2cc(C)cc(OC(=O)[C@H](CC)NS(=O)(=O)c3ccc(C)cc3)c12. The van der Waals surface area contributed by atoms with Crippen LogP contribution in [0.15, 0.2) is 56.6 Å². The highest BCUT2D eigenvalue weighted by Gasteiger charge is 2.27. The summed E-state index contributed by atoms with van der Waals surface area (Å²) in [6.45, 7) is 7.32. The van der Waals surface area contributed by atoms with Crippen LogP contribution in [0.3, 0.4) is 0 Å². The quantitative estimate of drug-likeness (QED) is 0.311. The summed E-state index contributed by atoms with van der Waals surface area (Å²) in [5.74, 6) is -0.492. The van der Waals surface area contributed by atoms with E-state index >= 15 is 0 Å². The molecule has 0 saturated heterocycles. The first kappa shape index (κ1) is 23.7. The predicted octanol–water partition coefficient (Wildman–Crippen LogP) is 4.02. The summed E-state index contributed by atoms with van der Waals surface area (Å²) in [6, 6.07) is 10.1. The van der Waals surface area contributed by atoms with Crippen molar-refractivity contribution in [1.82, 2.24) is 4.72 Å². The van der Waals surface area contributed by atoms with Gasteiger partial charge in [-0.25, -0.2) is 18.0 Å². The summed E-state index contributed by atoms with van der Waals surface area (Å²) in [6.07, 6.45) is 1.59. The number of benzene rings is 2. The molecule has 1 N–H and O–H groups in total. The van der Waals surface area contributed by atoms with Crippen LogP contribution < -0.4 is 15.1 Å². The maximum absolute atomic E-state index is 13.0. The fourth-order valence-electron chi connectivity index (χ4n) is 3.47. The maximum atomic E-state index is 13.0. The zero-order valence-electron chi connectivity index (χ0n) is 18.6. The average Bonchev–Trinajstić information content (AvgIpc) is 2.71. The predicted molar refractivity (Wildman–Crippen MR) is 122 cm³/mol. The molecule has 0 bridgehead atoms. The second-order valence-electron chi connectivity index (χ2n) is 7.79. The van der Waals surface area contributed by atoms with Gasteiger partial charge in [0.1, 0.15) is 17.4 Å². The van der Waals surface area contributed by atoms with Crippen LogP contribution in [0.1, 0.15) is 43.4 Å². The Hall–Kier alpha value is -2.97. The minimum atomic E-state index is -3.91. The highest BCUT2D eigenvalue weighted by Crippen LogP contribution is 2.31. The molecule has 0 radical (unpaired) electrons. The zero-order chi connectivity index (χ0) is 23.5. The summed E-state index contributed by atoms with van der Waals surface area (Å²) < 4.78 is 38.9. The Morgan fingerprint density at radius 3 is 2.38 bits per heavy atom. The molecule has 3 rings (SSSR count). The molecular formula is C24H27NO6S. The van der Waals surface area contributed by atoms with Gasteiger partial charge in [-0.3, -0.25) is 0 Å². The van der Waals surface area contributed by atoms with Crippen LogP contribution in [-0.4, -0.2) is 20.4 Å². The van der Waals surface area contributed by atoms with Crippen molar-refractivity contribution >= 4 is 27.0 Å². The van der Waals surface area contributed by atoms with Crippen molar-refractivity contribution < 1.29 is 22.4 Å². The van der Waals surface area contributed by atoms with Crippen molar-refractivity contribution in [3.05, 3.63) is 69.6 Å². The van der Waals surface area contributed by atoms with Crippen LogP contribution >= 0.6 is 0 Å². The fourth-order valence-corrected chi connectivity index (χ4v) is 4.74. The molecule has 0 saturated carbocycles. The van der Waals surface area contributed by atoms with E-state index in [1.54, 1.807) is 38.1 Å². The van der Waals surface area contributed by atoms with Crippen molar-refractivity contribution in [2.24, 2.45) is 0 Å². The molecule has 7 nitrogen and oxygen atoms in total. The zero-order valence-corrected chi connectivity index (χ0v) is 19.4. The highest BCUT2D eigenvalue weighted by atomic mass is 32.2. The third-order valence-corrected chi connectivity index (χ3v) is 6.57. The lowest BCUT2D eigenvalue weighted by molar-refractivity contribution is -0.136. The number of fused-ring (bicyclic) bond motifs is 1.